The number of furan rings is 1. The quantitative estimate of drug-likeness (QED) is 0.141. The average molecular weight is 1040 g/mol. The van der Waals surface area contributed by atoms with Crippen LogP contribution in [0.1, 0.15) is 44.5 Å². The summed E-state index contributed by atoms with van der Waals surface area (Å²) in [6, 6.07) is 115. The van der Waals surface area contributed by atoms with Crippen molar-refractivity contribution in [3.8, 4) is 33.4 Å². The van der Waals surface area contributed by atoms with Crippen LogP contribution in [0.15, 0.2) is 314 Å². The molecule has 2 nitrogen and oxygen atoms in total. The van der Waals surface area contributed by atoms with Gasteiger partial charge in [-0.2, -0.15) is 0 Å². The highest BCUT2D eigenvalue weighted by molar-refractivity contribution is 6.36. The Bertz CT molecular complexity index is 4750. The number of hydrogen-bond donors (Lipinski definition) is 0. The monoisotopic (exact) mass is 1040 g/mol. The van der Waals surface area contributed by atoms with Crippen molar-refractivity contribution in [1.29, 1.82) is 0 Å². The Hall–Kier alpha value is -10.5. The number of fused-ring (bicyclic) bond motifs is 16. The third kappa shape index (κ3) is 6.46. The smallest absolute Gasteiger partial charge is 0.136 e. The zero-order chi connectivity index (χ0) is 53.9. The molecule has 15 aromatic rings. The van der Waals surface area contributed by atoms with Crippen molar-refractivity contribution in [3.63, 3.8) is 0 Å². The molecule has 82 heavy (non-hydrogen) atoms. The van der Waals surface area contributed by atoms with Gasteiger partial charge in [0.25, 0.3) is 0 Å². The Labute approximate surface area is 476 Å². The van der Waals surface area contributed by atoms with Gasteiger partial charge in [0.05, 0.1) is 10.8 Å². The van der Waals surface area contributed by atoms with E-state index in [-0.39, 0.29) is 0 Å². The molecular formula is C80H51NO. The first-order valence-corrected chi connectivity index (χ1v) is 28.5. The summed E-state index contributed by atoms with van der Waals surface area (Å²) in [5.74, 6) is 0. The van der Waals surface area contributed by atoms with Gasteiger partial charge >= 0.3 is 0 Å². The van der Waals surface area contributed by atoms with Crippen molar-refractivity contribution in [1.82, 2.24) is 0 Å². The molecule has 2 aliphatic rings. The van der Waals surface area contributed by atoms with E-state index in [1.165, 1.54) is 105 Å². The van der Waals surface area contributed by atoms with E-state index < -0.39 is 10.8 Å². The highest BCUT2D eigenvalue weighted by Gasteiger charge is 2.48. The van der Waals surface area contributed by atoms with Crippen molar-refractivity contribution in [3.05, 3.63) is 354 Å². The number of anilines is 3. The van der Waals surface area contributed by atoms with E-state index in [9.17, 15) is 0 Å². The molecular weight excluding hydrogens is 991 g/mol. The Balaban J connectivity index is 0.940. The Morgan fingerprint density at radius 3 is 1.18 bits per heavy atom. The van der Waals surface area contributed by atoms with Crippen molar-refractivity contribution < 1.29 is 4.42 Å². The van der Waals surface area contributed by atoms with Crippen LogP contribution in [0.3, 0.4) is 0 Å². The fourth-order valence-corrected chi connectivity index (χ4v) is 15.0. The number of rotatable bonds is 8. The summed E-state index contributed by atoms with van der Waals surface area (Å²) in [4.78, 5) is 2.52. The average Bonchev–Trinajstić information content (AvgIpc) is 3.20. The van der Waals surface area contributed by atoms with Crippen LogP contribution in [0.5, 0.6) is 0 Å². The van der Waals surface area contributed by atoms with Gasteiger partial charge in [0, 0.05) is 33.2 Å². The van der Waals surface area contributed by atoms with E-state index in [4.69, 9.17) is 4.42 Å². The minimum Gasteiger partial charge on any atom is -0.456 e. The lowest BCUT2D eigenvalue weighted by Gasteiger charge is -2.36. The Kier molecular flexibility index (Phi) is 10.2. The van der Waals surface area contributed by atoms with E-state index in [1.54, 1.807) is 0 Å². The van der Waals surface area contributed by atoms with E-state index in [0.29, 0.717) is 0 Å². The molecule has 0 bridgehead atoms. The molecule has 0 N–H and O–H groups in total. The summed E-state index contributed by atoms with van der Waals surface area (Å²) in [5.41, 5.74) is 21.2. The number of nitrogens with zero attached hydrogens (tertiary/aromatic N) is 1. The highest BCUT2D eigenvalue weighted by atomic mass is 16.3. The van der Waals surface area contributed by atoms with Crippen molar-refractivity contribution >= 4 is 71.3 Å². The molecule has 0 spiro atoms. The van der Waals surface area contributed by atoms with E-state index >= 15 is 0 Å². The molecule has 2 aliphatic carbocycles. The standard InChI is InChI=1S/C80H51NO/c1-5-24-53(25-6-1)79(54-26-7-2-8-27-54)70-40-18-15-33-61(70)63-45-43-58(50-72(63)79)81(59-44-46-64-62-34-16-19-41-71(62)80(73(64)51-59,55-28-9-3-10-29-55)56-30-11-4-12-31-56)57-32-21-23-52(49-57)60-38-22-39-66-68-47-48-75-78(69-37-17-20-42-74(69)82-75)77(68)67-36-14-13-35-65(67)76(60)66/h1-51H. The van der Waals surface area contributed by atoms with E-state index in [0.717, 1.165) is 44.6 Å². The van der Waals surface area contributed by atoms with Gasteiger partial charge in [-0.1, -0.05) is 255 Å². The second-order valence-electron chi connectivity index (χ2n) is 22.1. The van der Waals surface area contributed by atoms with E-state index in [2.05, 4.69) is 314 Å². The number of para-hydroxylation sites is 1. The lowest BCUT2D eigenvalue weighted by molar-refractivity contribution is 0.669. The molecule has 2 heteroatoms. The lowest BCUT2D eigenvalue weighted by Crippen LogP contribution is -2.29. The van der Waals surface area contributed by atoms with Gasteiger partial charge in [-0.15, -0.1) is 0 Å². The Morgan fingerprint density at radius 2 is 0.634 bits per heavy atom. The van der Waals surface area contributed by atoms with Crippen LogP contribution in [0.25, 0.3) is 87.6 Å². The van der Waals surface area contributed by atoms with Crippen molar-refractivity contribution in [2.75, 3.05) is 4.90 Å². The third-order valence-corrected chi connectivity index (χ3v) is 18.2. The molecule has 0 unspecified atom stereocenters. The van der Waals surface area contributed by atoms with Gasteiger partial charge in [-0.25, -0.2) is 0 Å². The maximum Gasteiger partial charge on any atom is 0.136 e. The molecule has 1 heterocycles. The molecule has 0 saturated carbocycles. The first-order chi connectivity index (χ1) is 40.7. The predicted molar refractivity (Wildman–Crippen MR) is 341 cm³/mol. The van der Waals surface area contributed by atoms with Crippen LogP contribution in [0.4, 0.5) is 17.1 Å². The summed E-state index contributed by atoms with van der Waals surface area (Å²) in [7, 11) is 0. The summed E-state index contributed by atoms with van der Waals surface area (Å²) in [5, 5.41) is 9.62. The van der Waals surface area contributed by atoms with Gasteiger partial charge < -0.3 is 9.32 Å². The molecule has 0 saturated heterocycles. The molecule has 0 amide bonds. The van der Waals surface area contributed by atoms with Crippen LogP contribution in [0.2, 0.25) is 0 Å². The zero-order valence-electron chi connectivity index (χ0n) is 44.8. The molecule has 0 aliphatic heterocycles. The normalized spacial score (nSPS) is 13.6. The van der Waals surface area contributed by atoms with Crippen LogP contribution in [0, 0.1) is 0 Å². The maximum absolute atomic E-state index is 6.51. The molecule has 0 radical (unpaired) electrons. The summed E-state index contributed by atoms with van der Waals surface area (Å²) in [6.07, 6.45) is 0. The third-order valence-electron chi connectivity index (χ3n) is 18.2. The van der Waals surface area contributed by atoms with Crippen molar-refractivity contribution in [2.24, 2.45) is 0 Å². The van der Waals surface area contributed by atoms with Gasteiger partial charge in [0.1, 0.15) is 11.2 Å². The van der Waals surface area contributed by atoms with Gasteiger partial charge in [-0.05, 0) is 159 Å². The van der Waals surface area contributed by atoms with Crippen LogP contribution in [-0.2, 0) is 10.8 Å². The number of benzene rings is 14. The van der Waals surface area contributed by atoms with Gasteiger partial charge in [-0.3, -0.25) is 0 Å². The fourth-order valence-electron chi connectivity index (χ4n) is 15.0. The molecule has 382 valence electrons. The molecule has 17 rings (SSSR count). The molecule has 0 fully saturated rings. The van der Waals surface area contributed by atoms with E-state index in [1.807, 2.05) is 0 Å². The van der Waals surface area contributed by atoms with Crippen LogP contribution in [-0.4, -0.2) is 0 Å². The first kappa shape index (κ1) is 46.4. The second kappa shape index (κ2) is 18.0. The van der Waals surface area contributed by atoms with Crippen LogP contribution >= 0.6 is 0 Å². The molecule has 0 atom stereocenters. The predicted octanol–water partition coefficient (Wildman–Crippen LogP) is 20.9. The largest absolute Gasteiger partial charge is 0.456 e. The van der Waals surface area contributed by atoms with Crippen molar-refractivity contribution in [2.45, 2.75) is 10.8 Å². The Morgan fingerprint density at radius 1 is 0.232 bits per heavy atom. The minimum atomic E-state index is -0.589. The highest BCUT2D eigenvalue weighted by Crippen LogP contribution is 2.60. The van der Waals surface area contributed by atoms with Gasteiger partial charge in [0.15, 0.2) is 0 Å². The minimum absolute atomic E-state index is 0.589. The fraction of sp³-hybridized carbons (Fsp3) is 0.0250. The summed E-state index contributed by atoms with van der Waals surface area (Å²) in [6.45, 7) is 0. The van der Waals surface area contributed by atoms with Gasteiger partial charge in [0.2, 0.25) is 0 Å². The maximum atomic E-state index is 6.51. The SMILES string of the molecule is c1ccc(C2(c3ccccc3)c3ccccc3-c3ccc(N(c4cccc(-c5cccc6c7ccc8oc9ccccc9c8c7c7ccccc7c56)c4)c4ccc5c(c4)C(c4ccccc4)(c4ccccc4)c4ccccc4-5)cc32)cc1. The topological polar surface area (TPSA) is 16.4 Å². The lowest BCUT2D eigenvalue weighted by atomic mass is 9.67. The summed E-state index contributed by atoms with van der Waals surface area (Å²) < 4.78 is 6.51. The molecule has 1 aromatic heterocycles. The summed E-state index contributed by atoms with van der Waals surface area (Å²) >= 11 is 0. The first-order valence-electron chi connectivity index (χ1n) is 28.5. The zero-order valence-corrected chi connectivity index (χ0v) is 44.8. The van der Waals surface area contributed by atoms with Crippen LogP contribution < -0.4 is 4.90 Å². The second-order valence-corrected chi connectivity index (χ2v) is 22.1. The number of hydrogen-bond acceptors (Lipinski definition) is 2. The molecule has 14 aromatic carbocycles.